The van der Waals surface area contributed by atoms with Crippen LogP contribution in [0.2, 0.25) is 0 Å². The molecule has 0 spiro atoms. The Morgan fingerprint density at radius 1 is 1.14 bits per heavy atom. The van der Waals surface area contributed by atoms with Crippen molar-refractivity contribution in [3.63, 3.8) is 0 Å². The van der Waals surface area contributed by atoms with Gasteiger partial charge in [-0.1, -0.05) is 0 Å². The Morgan fingerprint density at radius 2 is 1.78 bits per heavy atom. The van der Waals surface area contributed by atoms with E-state index in [1.165, 1.54) is 16.5 Å². The Balaban J connectivity index is 0.00000380. The highest BCUT2D eigenvalue weighted by molar-refractivity contribution is 5.71. The van der Waals surface area contributed by atoms with E-state index < -0.39 is 11.8 Å². The molecule has 0 saturated carbocycles. The third kappa shape index (κ3) is 6.07. The van der Waals surface area contributed by atoms with Crippen molar-refractivity contribution < 1.29 is 32.3 Å². The number of nitrogens with zero attached hydrogens (tertiary/aromatic N) is 4. The van der Waals surface area contributed by atoms with E-state index in [9.17, 15) is 19.8 Å². The largest absolute Gasteiger partial charge is 1.00 e. The van der Waals surface area contributed by atoms with Crippen molar-refractivity contribution in [2.24, 2.45) is 14.1 Å². The second-order valence-corrected chi connectivity index (χ2v) is 9.67. The molecule has 1 aliphatic heterocycles. The number of aryl methyl sites for hydroxylation is 4. The van der Waals surface area contributed by atoms with Crippen molar-refractivity contribution in [3.8, 4) is 5.75 Å². The average Bonchev–Trinajstić information content (AvgIpc) is 3.22. The number of ether oxygens (including phenoxy) is 1. The molecule has 1 atom stereocenters. The molecule has 4 rings (SSSR count). The summed E-state index contributed by atoms with van der Waals surface area (Å²) in [6.07, 6.45) is 0.0165. The summed E-state index contributed by atoms with van der Waals surface area (Å²) in [5.74, 6) is 1.04. The zero-order valence-corrected chi connectivity index (χ0v) is 22.6. The van der Waals surface area contributed by atoms with Crippen LogP contribution in [0.4, 0.5) is 0 Å². The number of morpholine rings is 1. The number of hydrogen-bond acceptors (Lipinski definition) is 7. The van der Waals surface area contributed by atoms with E-state index >= 15 is 0 Å². The molecule has 4 N–H and O–H groups in total. The van der Waals surface area contributed by atoms with Crippen molar-refractivity contribution in [3.05, 3.63) is 55.5 Å². The SMILES string of the molecule is Cc1cc(C(O)CNCCCn2c(C[NH+]3CCOCC3)nc3c2c(=O)n(C)c(=O)n3C)cc(C)c1O.[Cl-]. The minimum Gasteiger partial charge on any atom is -1.00 e. The van der Waals surface area contributed by atoms with Crippen LogP contribution in [0.25, 0.3) is 11.2 Å². The van der Waals surface area contributed by atoms with Crippen molar-refractivity contribution >= 4 is 11.2 Å². The molecule has 12 heteroatoms. The summed E-state index contributed by atoms with van der Waals surface area (Å²) in [4.78, 5) is 31.6. The fraction of sp³-hybridized carbons (Fsp3) is 0.560. The van der Waals surface area contributed by atoms with Gasteiger partial charge in [0.05, 0.1) is 19.3 Å². The summed E-state index contributed by atoms with van der Waals surface area (Å²) in [6, 6.07) is 3.60. The number of imidazole rings is 1. The molecule has 0 radical (unpaired) electrons. The third-order valence-corrected chi connectivity index (χ3v) is 7.01. The molecule has 2 aromatic heterocycles. The van der Waals surface area contributed by atoms with E-state index in [4.69, 9.17) is 9.72 Å². The van der Waals surface area contributed by atoms with Crippen molar-refractivity contribution in [2.45, 2.75) is 39.5 Å². The Labute approximate surface area is 221 Å². The first-order chi connectivity index (χ1) is 17.2. The number of halogens is 1. The number of aliphatic hydroxyl groups excluding tert-OH is 1. The number of fused-ring (bicyclic) bond motifs is 1. The fourth-order valence-electron chi connectivity index (χ4n) is 4.83. The molecule has 1 aliphatic rings. The van der Waals surface area contributed by atoms with Gasteiger partial charge in [0, 0.05) is 27.2 Å². The molecular weight excluding hydrogens is 500 g/mol. The monoisotopic (exact) mass is 536 g/mol. The summed E-state index contributed by atoms with van der Waals surface area (Å²) in [7, 11) is 3.13. The van der Waals surface area contributed by atoms with Gasteiger partial charge in [0.25, 0.3) is 5.56 Å². The van der Waals surface area contributed by atoms with Crippen LogP contribution >= 0.6 is 0 Å². The van der Waals surface area contributed by atoms with E-state index in [1.54, 1.807) is 19.2 Å². The minimum absolute atomic E-state index is 0. The first kappa shape index (κ1) is 28.9. The molecule has 1 saturated heterocycles. The molecule has 0 aliphatic carbocycles. The van der Waals surface area contributed by atoms with Crippen LogP contribution in [0.5, 0.6) is 5.75 Å². The molecule has 11 nitrogen and oxygen atoms in total. The normalized spacial score (nSPS) is 15.2. The highest BCUT2D eigenvalue weighted by Gasteiger charge is 2.23. The van der Waals surface area contributed by atoms with Crippen LogP contribution in [0.15, 0.2) is 21.7 Å². The maximum absolute atomic E-state index is 13.0. The fourth-order valence-corrected chi connectivity index (χ4v) is 4.83. The van der Waals surface area contributed by atoms with Crippen LogP contribution in [0, 0.1) is 13.8 Å². The van der Waals surface area contributed by atoms with E-state index in [0.717, 1.165) is 40.2 Å². The smallest absolute Gasteiger partial charge is 0.332 e. The van der Waals surface area contributed by atoms with Crippen LogP contribution in [-0.2, 0) is 31.9 Å². The second kappa shape index (κ2) is 12.2. The third-order valence-electron chi connectivity index (χ3n) is 7.01. The maximum Gasteiger partial charge on any atom is 0.332 e. The lowest BCUT2D eigenvalue weighted by Gasteiger charge is -2.23. The topological polar surface area (TPSA) is 128 Å². The summed E-state index contributed by atoms with van der Waals surface area (Å²) >= 11 is 0. The summed E-state index contributed by atoms with van der Waals surface area (Å²) < 4.78 is 9.98. The number of rotatable bonds is 9. The molecule has 37 heavy (non-hydrogen) atoms. The van der Waals surface area contributed by atoms with E-state index in [-0.39, 0.29) is 23.7 Å². The molecule has 204 valence electrons. The van der Waals surface area contributed by atoms with Gasteiger partial charge in [-0.15, -0.1) is 0 Å². The van der Waals surface area contributed by atoms with Crippen LogP contribution in [0.3, 0.4) is 0 Å². The molecule has 1 fully saturated rings. The Kier molecular flexibility index (Phi) is 9.54. The van der Waals surface area contributed by atoms with Gasteiger partial charge in [-0.2, -0.15) is 0 Å². The molecule has 3 aromatic rings. The maximum atomic E-state index is 13.0. The van der Waals surface area contributed by atoms with Gasteiger partial charge in [0.2, 0.25) is 0 Å². The molecule has 1 unspecified atom stereocenters. The Morgan fingerprint density at radius 3 is 2.43 bits per heavy atom. The summed E-state index contributed by atoms with van der Waals surface area (Å²) in [5.41, 5.74) is 2.35. The predicted octanol–water partition coefficient (Wildman–Crippen LogP) is -4.11. The Hall–Kier alpha value is -2.70. The average molecular weight is 537 g/mol. The number of nitrogens with one attached hydrogen (secondary N) is 2. The number of quaternary nitrogens is 1. The molecular formula is C25H37ClN6O5. The number of hydrogen-bond donors (Lipinski definition) is 4. The number of aliphatic hydroxyl groups is 1. The lowest BCUT2D eigenvalue weighted by atomic mass is 10.0. The zero-order valence-electron chi connectivity index (χ0n) is 21.9. The van der Waals surface area contributed by atoms with Crippen LogP contribution in [-0.4, -0.2) is 68.3 Å². The quantitative estimate of drug-likeness (QED) is 0.205. The second-order valence-electron chi connectivity index (χ2n) is 9.67. The van der Waals surface area contributed by atoms with Gasteiger partial charge in [-0.05, 0) is 55.6 Å². The van der Waals surface area contributed by atoms with Gasteiger partial charge in [-0.3, -0.25) is 13.9 Å². The standard InChI is InChI=1S/C25H36N6O5.ClH/c1-16-12-18(13-17(2)22(16)33)19(32)14-26-6-5-7-31-20(15-30-8-10-36-11-9-30)27-23-21(31)24(34)29(4)25(35)28(23)3;/h12-13,19,26,32-33H,5-11,14-15H2,1-4H3;1H. The van der Waals surface area contributed by atoms with Crippen LogP contribution in [0.1, 0.15) is 35.0 Å². The lowest BCUT2D eigenvalue weighted by Crippen LogP contribution is -3.12. The zero-order chi connectivity index (χ0) is 26.0. The van der Waals surface area contributed by atoms with Gasteiger partial charge in [-0.25, -0.2) is 9.78 Å². The van der Waals surface area contributed by atoms with Crippen molar-refractivity contribution in [1.29, 1.82) is 0 Å². The van der Waals surface area contributed by atoms with Crippen LogP contribution < -0.4 is 33.9 Å². The van der Waals surface area contributed by atoms with Gasteiger partial charge < -0.3 is 42.1 Å². The highest BCUT2D eigenvalue weighted by atomic mass is 35.5. The minimum atomic E-state index is -0.695. The number of aromatic nitrogens is 4. The van der Waals surface area contributed by atoms with Gasteiger partial charge in [0.1, 0.15) is 25.4 Å². The van der Waals surface area contributed by atoms with E-state index in [0.29, 0.717) is 57.0 Å². The molecule has 0 bridgehead atoms. The van der Waals surface area contributed by atoms with Crippen molar-refractivity contribution in [1.82, 2.24) is 24.0 Å². The van der Waals surface area contributed by atoms with E-state index in [1.807, 2.05) is 18.4 Å². The van der Waals surface area contributed by atoms with E-state index in [2.05, 4.69) is 5.32 Å². The highest BCUT2D eigenvalue weighted by Crippen LogP contribution is 2.26. The number of aromatic hydroxyl groups is 1. The summed E-state index contributed by atoms with van der Waals surface area (Å²) in [6.45, 7) is 8.98. The number of phenolic OH excluding ortho intramolecular Hbond substituents is 1. The van der Waals surface area contributed by atoms with Crippen molar-refractivity contribution in [2.75, 3.05) is 39.4 Å². The Bertz CT molecular complexity index is 1340. The molecule has 0 amide bonds. The number of phenols is 1. The summed E-state index contributed by atoms with van der Waals surface area (Å²) in [5, 5.41) is 23.8. The molecule has 1 aromatic carbocycles. The first-order valence-corrected chi connectivity index (χ1v) is 12.4. The first-order valence-electron chi connectivity index (χ1n) is 12.4. The predicted molar refractivity (Wildman–Crippen MR) is 135 cm³/mol. The van der Waals surface area contributed by atoms with Gasteiger partial charge >= 0.3 is 5.69 Å². The lowest BCUT2D eigenvalue weighted by molar-refractivity contribution is -0.922. The molecule has 3 heterocycles. The number of benzene rings is 1. The van der Waals surface area contributed by atoms with Gasteiger partial charge in [0.15, 0.2) is 17.0 Å².